The minimum atomic E-state index is -1.07. The van der Waals surface area contributed by atoms with Crippen LogP contribution in [0, 0.1) is 13.8 Å². The zero-order chi connectivity index (χ0) is 17.0. The number of aliphatic carboxylic acids is 1. The Kier molecular flexibility index (Phi) is 5.24. The first-order valence-electron chi connectivity index (χ1n) is 7.28. The van der Waals surface area contributed by atoms with Crippen LogP contribution in [0.5, 0.6) is 11.5 Å². The van der Waals surface area contributed by atoms with Gasteiger partial charge in [0.25, 0.3) is 0 Å². The Morgan fingerprint density at radius 3 is 2.61 bits per heavy atom. The van der Waals surface area contributed by atoms with E-state index in [0.29, 0.717) is 11.3 Å². The molecule has 0 saturated heterocycles. The van der Waals surface area contributed by atoms with Crippen molar-refractivity contribution in [3.8, 4) is 11.5 Å². The molecule has 0 fully saturated rings. The molecule has 5 heteroatoms. The largest absolute Gasteiger partial charge is 0.496 e. The van der Waals surface area contributed by atoms with Crippen molar-refractivity contribution in [2.24, 2.45) is 5.73 Å². The van der Waals surface area contributed by atoms with Crippen molar-refractivity contribution < 1.29 is 19.4 Å². The van der Waals surface area contributed by atoms with Gasteiger partial charge in [-0.15, -0.1) is 0 Å². The van der Waals surface area contributed by atoms with Crippen molar-refractivity contribution in [3.05, 3.63) is 58.7 Å². The maximum atomic E-state index is 11.0. The van der Waals surface area contributed by atoms with Gasteiger partial charge < -0.3 is 20.3 Å². The van der Waals surface area contributed by atoms with Gasteiger partial charge in [0.05, 0.1) is 7.11 Å². The molecule has 2 aromatic carbocycles. The molecule has 3 N–H and O–H groups in total. The quantitative estimate of drug-likeness (QED) is 0.856. The molecule has 0 amide bonds. The van der Waals surface area contributed by atoms with E-state index >= 15 is 0 Å². The summed E-state index contributed by atoms with van der Waals surface area (Å²) in [6.45, 7) is 4.29. The van der Waals surface area contributed by atoms with Gasteiger partial charge >= 0.3 is 5.97 Å². The predicted octanol–water partition coefficient (Wildman–Crippen LogP) is 2.98. The highest BCUT2D eigenvalue weighted by Gasteiger charge is 2.16. The number of methoxy groups -OCH3 is 1. The highest BCUT2D eigenvalue weighted by atomic mass is 16.5. The first-order valence-corrected chi connectivity index (χ1v) is 7.28. The molecule has 0 radical (unpaired) electrons. The van der Waals surface area contributed by atoms with Crippen LogP contribution in [0.1, 0.15) is 28.3 Å². The van der Waals surface area contributed by atoms with Crippen LogP contribution in [0.15, 0.2) is 36.4 Å². The van der Waals surface area contributed by atoms with Crippen molar-refractivity contribution in [2.45, 2.75) is 26.5 Å². The van der Waals surface area contributed by atoms with Crippen molar-refractivity contribution in [1.82, 2.24) is 0 Å². The fraction of sp³-hybridized carbons (Fsp3) is 0.278. The van der Waals surface area contributed by atoms with Crippen LogP contribution in [-0.4, -0.2) is 18.2 Å². The zero-order valence-electron chi connectivity index (χ0n) is 13.5. The highest BCUT2D eigenvalue weighted by Crippen LogP contribution is 2.26. The van der Waals surface area contributed by atoms with Gasteiger partial charge in [0.15, 0.2) is 0 Å². The lowest BCUT2D eigenvalue weighted by Gasteiger charge is -2.15. The van der Waals surface area contributed by atoms with E-state index in [1.165, 1.54) is 0 Å². The smallest absolute Gasteiger partial charge is 0.325 e. The van der Waals surface area contributed by atoms with E-state index < -0.39 is 12.0 Å². The fourth-order valence-corrected chi connectivity index (χ4v) is 2.28. The molecular weight excluding hydrogens is 294 g/mol. The summed E-state index contributed by atoms with van der Waals surface area (Å²) in [5, 5.41) is 9.04. The third kappa shape index (κ3) is 3.81. The van der Waals surface area contributed by atoms with Gasteiger partial charge in [0.1, 0.15) is 24.1 Å². The number of hydrogen-bond acceptors (Lipinski definition) is 4. The Balaban J connectivity index is 2.25. The monoisotopic (exact) mass is 315 g/mol. The van der Waals surface area contributed by atoms with Crippen molar-refractivity contribution in [2.75, 3.05) is 7.11 Å². The fourth-order valence-electron chi connectivity index (χ4n) is 2.28. The number of hydrogen-bond donors (Lipinski definition) is 2. The Bertz CT molecular complexity index is 712. The zero-order valence-corrected chi connectivity index (χ0v) is 13.5. The van der Waals surface area contributed by atoms with Crippen LogP contribution < -0.4 is 15.2 Å². The summed E-state index contributed by atoms with van der Waals surface area (Å²) in [6, 6.07) is 9.87. The first kappa shape index (κ1) is 16.8. The van der Waals surface area contributed by atoms with Crippen LogP contribution in [0.4, 0.5) is 0 Å². The molecule has 0 aliphatic heterocycles. The Morgan fingerprint density at radius 2 is 1.96 bits per heavy atom. The number of rotatable bonds is 6. The molecule has 0 unspecified atom stereocenters. The molecular formula is C18H21NO4. The molecule has 2 rings (SSSR count). The molecule has 2 aromatic rings. The van der Waals surface area contributed by atoms with Crippen LogP contribution in [0.25, 0.3) is 0 Å². The topological polar surface area (TPSA) is 81.8 Å². The Hall–Kier alpha value is -2.53. The van der Waals surface area contributed by atoms with E-state index in [2.05, 4.69) is 0 Å². The Morgan fingerprint density at radius 1 is 1.22 bits per heavy atom. The lowest BCUT2D eigenvalue weighted by atomic mass is 10.0. The molecule has 23 heavy (non-hydrogen) atoms. The van der Waals surface area contributed by atoms with Crippen molar-refractivity contribution >= 4 is 5.97 Å². The van der Waals surface area contributed by atoms with Crippen LogP contribution in [0.2, 0.25) is 0 Å². The summed E-state index contributed by atoms with van der Waals surface area (Å²) in [4.78, 5) is 11.0. The van der Waals surface area contributed by atoms with Gasteiger partial charge in [-0.3, -0.25) is 4.79 Å². The number of ether oxygens (including phenoxy) is 2. The van der Waals surface area contributed by atoms with E-state index in [1.807, 2.05) is 32.0 Å². The first-order chi connectivity index (χ1) is 10.9. The average Bonchev–Trinajstić information content (AvgIpc) is 2.55. The minimum absolute atomic E-state index is 0.271. The average molecular weight is 315 g/mol. The van der Waals surface area contributed by atoms with Gasteiger partial charge in [-0.2, -0.15) is 0 Å². The number of carboxylic acid groups (broad SMARTS) is 1. The maximum absolute atomic E-state index is 11.0. The lowest BCUT2D eigenvalue weighted by molar-refractivity contribution is -0.138. The lowest BCUT2D eigenvalue weighted by Crippen LogP contribution is -2.20. The van der Waals surface area contributed by atoms with Gasteiger partial charge in [0.2, 0.25) is 0 Å². The molecule has 0 aliphatic carbocycles. The van der Waals surface area contributed by atoms with Gasteiger partial charge in [-0.1, -0.05) is 18.2 Å². The van der Waals surface area contributed by atoms with Gasteiger partial charge in [-0.05, 0) is 48.7 Å². The summed E-state index contributed by atoms with van der Waals surface area (Å²) in [7, 11) is 1.56. The van der Waals surface area contributed by atoms with Crippen molar-refractivity contribution in [3.63, 3.8) is 0 Å². The van der Waals surface area contributed by atoms with E-state index in [-0.39, 0.29) is 6.61 Å². The van der Waals surface area contributed by atoms with Crippen molar-refractivity contribution in [1.29, 1.82) is 0 Å². The number of carboxylic acids is 1. The number of nitrogens with two attached hydrogens (primary N) is 1. The third-order valence-corrected chi connectivity index (χ3v) is 3.87. The summed E-state index contributed by atoms with van der Waals surface area (Å²) in [6.07, 6.45) is 0. The molecule has 0 aliphatic rings. The number of aryl methyl sites for hydroxylation is 1. The minimum Gasteiger partial charge on any atom is -0.496 e. The van der Waals surface area contributed by atoms with E-state index in [0.717, 1.165) is 22.4 Å². The molecule has 5 nitrogen and oxygen atoms in total. The standard InChI is InChI=1S/C18H21NO4/c1-11-5-4-6-15(12(11)2)23-10-14-9-13(17(19)18(20)21)7-8-16(14)22-3/h4-9,17H,10,19H2,1-3H3,(H,20,21)/t17-/m0/s1. The van der Waals surface area contributed by atoms with Gasteiger partial charge in [0, 0.05) is 5.56 Å². The molecule has 0 spiro atoms. The predicted molar refractivity (Wildman–Crippen MR) is 87.8 cm³/mol. The van der Waals surface area contributed by atoms with Gasteiger partial charge in [-0.25, -0.2) is 0 Å². The summed E-state index contributed by atoms with van der Waals surface area (Å²) in [5.74, 6) is 0.355. The molecule has 1 atom stereocenters. The second-order valence-electron chi connectivity index (χ2n) is 5.37. The van der Waals surface area contributed by atoms with Crippen LogP contribution >= 0.6 is 0 Å². The summed E-state index contributed by atoms with van der Waals surface area (Å²) >= 11 is 0. The molecule has 0 saturated carbocycles. The molecule has 122 valence electrons. The second-order valence-corrected chi connectivity index (χ2v) is 5.37. The van der Waals surface area contributed by atoms with Crippen LogP contribution in [0.3, 0.4) is 0 Å². The van der Waals surface area contributed by atoms with E-state index in [9.17, 15) is 4.79 Å². The highest BCUT2D eigenvalue weighted by molar-refractivity contribution is 5.75. The summed E-state index contributed by atoms with van der Waals surface area (Å²) in [5.41, 5.74) is 9.16. The molecule has 0 bridgehead atoms. The van der Waals surface area contributed by atoms with Crippen LogP contribution in [-0.2, 0) is 11.4 Å². The second kappa shape index (κ2) is 7.15. The number of benzene rings is 2. The maximum Gasteiger partial charge on any atom is 0.325 e. The third-order valence-electron chi connectivity index (χ3n) is 3.87. The number of carbonyl (C=O) groups is 1. The molecule has 0 aromatic heterocycles. The van der Waals surface area contributed by atoms with E-state index in [1.54, 1.807) is 25.3 Å². The normalized spacial score (nSPS) is 11.8. The SMILES string of the molecule is COc1ccc([C@H](N)C(=O)O)cc1COc1cccc(C)c1C. The summed E-state index contributed by atoms with van der Waals surface area (Å²) < 4.78 is 11.2. The Labute approximate surface area is 135 Å². The van der Waals surface area contributed by atoms with E-state index in [4.69, 9.17) is 20.3 Å². The molecule has 0 heterocycles.